The molecule has 3 rings (SSSR count). The minimum absolute atomic E-state index is 0.0489. The predicted molar refractivity (Wildman–Crippen MR) is 103 cm³/mol. The molecule has 2 heterocycles. The molecule has 2 amide bonds. The fourth-order valence-electron chi connectivity index (χ4n) is 3.13. The number of primary sulfonamides is 1. The van der Waals surface area contributed by atoms with E-state index in [4.69, 9.17) is 9.66 Å². The normalized spacial score (nSPS) is 16.8. The first-order chi connectivity index (χ1) is 13.2. The lowest BCUT2D eigenvalue weighted by Gasteiger charge is -2.34. The molecule has 0 spiro atoms. The zero-order valence-corrected chi connectivity index (χ0v) is 16.8. The third kappa shape index (κ3) is 5.09. The van der Waals surface area contributed by atoms with Crippen LogP contribution in [-0.2, 0) is 16.6 Å². The minimum atomic E-state index is -3.72. The van der Waals surface area contributed by atoms with E-state index in [0.29, 0.717) is 19.6 Å². The number of hydrogen-bond donors (Lipinski definition) is 2. The summed E-state index contributed by atoms with van der Waals surface area (Å²) in [6, 6.07) is 7.72. The van der Waals surface area contributed by atoms with Crippen LogP contribution in [0.1, 0.15) is 30.0 Å². The van der Waals surface area contributed by atoms with Gasteiger partial charge >= 0.3 is 6.03 Å². The highest BCUT2D eigenvalue weighted by molar-refractivity contribution is 7.89. The van der Waals surface area contributed by atoms with Crippen molar-refractivity contribution < 1.29 is 17.7 Å². The van der Waals surface area contributed by atoms with E-state index in [1.807, 2.05) is 19.9 Å². The molecule has 1 aliphatic rings. The Balaban J connectivity index is 1.49. The number of benzene rings is 1. The van der Waals surface area contributed by atoms with Crippen LogP contribution in [0.15, 0.2) is 39.8 Å². The van der Waals surface area contributed by atoms with Gasteiger partial charge in [-0.25, -0.2) is 18.4 Å². The van der Waals surface area contributed by atoms with E-state index in [2.05, 4.69) is 15.4 Å². The van der Waals surface area contributed by atoms with Gasteiger partial charge in [-0.15, -0.1) is 0 Å². The number of nitrogens with zero attached hydrogens (tertiary/aromatic N) is 3. The van der Waals surface area contributed by atoms with E-state index in [-0.39, 0.29) is 17.0 Å². The SMILES string of the molecule is Cc1cc(CN2CCN(C(=O)NC(C)c3ccc(S(N)(=O)=O)cc3)CC2)on1. The van der Waals surface area contributed by atoms with Crippen molar-refractivity contribution in [1.82, 2.24) is 20.3 Å². The van der Waals surface area contributed by atoms with Crippen LogP contribution in [-0.4, -0.2) is 55.6 Å². The molecule has 3 N–H and O–H groups in total. The molecule has 0 saturated carbocycles. The number of carbonyl (C=O) groups excluding carboxylic acids is 1. The molecule has 0 radical (unpaired) electrons. The molecule has 0 bridgehead atoms. The van der Waals surface area contributed by atoms with E-state index in [0.717, 1.165) is 30.1 Å². The van der Waals surface area contributed by atoms with Gasteiger partial charge in [0.2, 0.25) is 10.0 Å². The number of amides is 2. The van der Waals surface area contributed by atoms with E-state index < -0.39 is 10.0 Å². The maximum atomic E-state index is 12.5. The van der Waals surface area contributed by atoms with Gasteiger partial charge in [0.25, 0.3) is 0 Å². The number of aromatic nitrogens is 1. The Kier molecular flexibility index (Phi) is 6.01. The molecule has 0 aliphatic carbocycles. The summed E-state index contributed by atoms with van der Waals surface area (Å²) < 4.78 is 27.9. The number of nitrogens with two attached hydrogens (primary N) is 1. The molecule has 1 atom stereocenters. The van der Waals surface area contributed by atoms with Crippen molar-refractivity contribution in [1.29, 1.82) is 0 Å². The number of carbonyl (C=O) groups is 1. The number of hydrogen-bond acceptors (Lipinski definition) is 6. The second-order valence-electron chi connectivity index (χ2n) is 6.98. The van der Waals surface area contributed by atoms with Crippen LogP contribution in [0.25, 0.3) is 0 Å². The Labute approximate surface area is 164 Å². The quantitative estimate of drug-likeness (QED) is 0.768. The van der Waals surface area contributed by atoms with Crippen molar-refractivity contribution in [3.63, 3.8) is 0 Å². The zero-order chi connectivity index (χ0) is 20.3. The van der Waals surface area contributed by atoms with Crippen LogP contribution in [0, 0.1) is 6.92 Å². The third-order valence-electron chi connectivity index (χ3n) is 4.76. The lowest BCUT2D eigenvalue weighted by Crippen LogP contribution is -2.51. The molecule has 28 heavy (non-hydrogen) atoms. The van der Waals surface area contributed by atoms with Gasteiger partial charge in [-0.3, -0.25) is 4.90 Å². The Morgan fingerprint density at radius 2 is 1.89 bits per heavy atom. The molecule has 1 unspecified atom stereocenters. The third-order valence-corrected chi connectivity index (χ3v) is 5.69. The summed E-state index contributed by atoms with van der Waals surface area (Å²) in [6.45, 7) is 7.18. The maximum absolute atomic E-state index is 12.5. The minimum Gasteiger partial charge on any atom is -0.360 e. The summed E-state index contributed by atoms with van der Waals surface area (Å²) in [4.78, 5) is 16.6. The van der Waals surface area contributed by atoms with Gasteiger partial charge in [0.15, 0.2) is 5.76 Å². The topological polar surface area (TPSA) is 122 Å². The smallest absolute Gasteiger partial charge is 0.317 e. The second-order valence-corrected chi connectivity index (χ2v) is 8.54. The number of urea groups is 1. The van der Waals surface area contributed by atoms with Crippen molar-refractivity contribution >= 4 is 16.1 Å². The lowest BCUT2D eigenvalue weighted by molar-refractivity contribution is 0.126. The van der Waals surface area contributed by atoms with Gasteiger partial charge in [0.05, 0.1) is 23.2 Å². The molecule has 1 aromatic heterocycles. The van der Waals surface area contributed by atoms with Gasteiger partial charge in [-0.2, -0.15) is 0 Å². The van der Waals surface area contributed by atoms with Crippen LogP contribution in [0.2, 0.25) is 0 Å². The highest BCUT2D eigenvalue weighted by atomic mass is 32.2. The molecule has 152 valence electrons. The highest BCUT2D eigenvalue weighted by Gasteiger charge is 2.23. The van der Waals surface area contributed by atoms with Crippen LogP contribution in [0.4, 0.5) is 4.79 Å². The summed E-state index contributed by atoms with van der Waals surface area (Å²) in [5.41, 5.74) is 1.67. The molecule has 10 heteroatoms. The molecule has 1 saturated heterocycles. The number of rotatable bonds is 5. The van der Waals surface area contributed by atoms with Crippen LogP contribution >= 0.6 is 0 Å². The highest BCUT2D eigenvalue weighted by Crippen LogP contribution is 2.16. The van der Waals surface area contributed by atoms with Crippen molar-refractivity contribution in [2.75, 3.05) is 26.2 Å². The number of aryl methyl sites for hydroxylation is 1. The summed E-state index contributed by atoms with van der Waals surface area (Å²) >= 11 is 0. The summed E-state index contributed by atoms with van der Waals surface area (Å²) in [6.07, 6.45) is 0. The van der Waals surface area contributed by atoms with Gasteiger partial charge in [0.1, 0.15) is 0 Å². The van der Waals surface area contributed by atoms with Crippen LogP contribution in [0.5, 0.6) is 0 Å². The Morgan fingerprint density at radius 3 is 2.43 bits per heavy atom. The first kappa shape index (κ1) is 20.3. The van der Waals surface area contributed by atoms with Crippen molar-refractivity contribution in [2.24, 2.45) is 5.14 Å². The summed E-state index contributed by atoms with van der Waals surface area (Å²) in [5, 5.41) is 11.9. The molecule has 1 aromatic carbocycles. The van der Waals surface area contributed by atoms with E-state index in [1.54, 1.807) is 17.0 Å². The monoisotopic (exact) mass is 407 g/mol. The van der Waals surface area contributed by atoms with Gasteiger partial charge in [-0.05, 0) is 31.5 Å². The largest absolute Gasteiger partial charge is 0.360 e. The second kappa shape index (κ2) is 8.29. The van der Waals surface area contributed by atoms with Crippen LogP contribution < -0.4 is 10.5 Å². The fourth-order valence-corrected chi connectivity index (χ4v) is 3.64. The number of sulfonamides is 1. The van der Waals surface area contributed by atoms with Gasteiger partial charge in [0, 0.05) is 32.2 Å². The van der Waals surface area contributed by atoms with E-state index >= 15 is 0 Å². The van der Waals surface area contributed by atoms with Crippen molar-refractivity contribution in [3.8, 4) is 0 Å². The number of piperazine rings is 1. The molecule has 9 nitrogen and oxygen atoms in total. The standard InChI is InChI=1S/C18H25N5O4S/c1-13-11-16(27-21-13)12-22-7-9-23(10-8-22)18(24)20-14(2)15-3-5-17(6-4-15)28(19,25)26/h3-6,11,14H,7-10,12H2,1-2H3,(H,20,24)(H2,19,25,26). The van der Waals surface area contributed by atoms with E-state index in [1.165, 1.54) is 12.1 Å². The first-order valence-corrected chi connectivity index (χ1v) is 10.6. The Hall–Kier alpha value is -2.43. The number of nitrogens with one attached hydrogen (secondary N) is 1. The average molecular weight is 407 g/mol. The summed E-state index contributed by atoms with van der Waals surface area (Å²) in [5.74, 6) is 0.826. The van der Waals surface area contributed by atoms with Gasteiger partial charge < -0.3 is 14.7 Å². The summed E-state index contributed by atoms with van der Waals surface area (Å²) in [7, 11) is -3.72. The van der Waals surface area contributed by atoms with E-state index in [9.17, 15) is 13.2 Å². The molecular weight excluding hydrogens is 382 g/mol. The van der Waals surface area contributed by atoms with Crippen molar-refractivity contribution in [2.45, 2.75) is 31.3 Å². The predicted octanol–water partition coefficient (Wildman–Crippen LogP) is 1.22. The first-order valence-electron chi connectivity index (χ1n) is 9.05. The average Bonchev–Trinajstić information content (AvgIpc) is 3.06. The Morgan fingerprint density at radius 1 is 1.25 bits per heavy atom. The fraction of sp³-hybridized carbons (Fsp3) is 0.444. The van der Waals surface area contributed by atoms with Crippen molar-refractivity contribution in [3.05, 3.63) is 47.3 Å². The molecule has 2 aromatic rings. The maximum Gasteiger partial charge on any atom is 0.317 e. The zero-order valence-electron chi connectivity index (χ0n) is 16.0. The molecular formula is C18H25N5O4S. The molecule has 1 aliphatic heterocycles. The molecule has 1 fully saturated rings. The van der Waals surface area contributed by atoms with Crippen LogP contribution in [0.3, 0.4) is 0 Å². The lowest BCUT2D eigenvalue weighted by atomic mass is 10.1. The Bertz CT molecular complexity index is 918. The van der Waals surface area contributed by atoms with Gasteiger partial charge in [-0.1, -0.05) is 17.3 Å².